The molecule has 7 heteroatoms. The van der Waals surface area contributed by atoms with E-state index in [-0.39, 0.29) is 17.9 Å². The van der Waals surface area contributed by atoms with Gasteiger partial charge in [0.25, 0.3) is 5.91 Å². The number of carbonyl (C=O) groups is 1. The Labute approximate surface area is 101 Å². The minimum atomic E-state index is -0.588. The van der Waals surface area contributed by atoms with Gasteiger partial charge < -0.3 is 14.9 Å². The third-order valence-electron chi connectivity index (χ3n) is 2.23. The maximum Gasteiger partial charge on any atom is 0.255 e. The minimum Gasteiger partial charge on any atom is -0.507 e. The molecule has 0 saturated heterocycles. The molecule has 0 atom stereocenters. The zero-order valence-corrected chi connectivity index (χ0v) is 9.26. The SMILES string of the molecule is O=C(NCCc1ncno1)c1cc(F)ccc1O. The first-order valence-corrected chi connectivity index (χ1v) is 5.19. The predicted octanol–water partition coefficient (Wildman–Crippen LogP) is 0.887. The summed E-state index contributed by atoms with van der Waals surface area (Å²) >= 11 is 0. The van der Waals surface area contributed by atoms with Gasteiger partial charge >= 0.3 is 0 Å². The van der Waals surface area contributed by atoms with E-state index in [2.05, 4.69) is 15.5 Å². The summed E-state index contributed by atoms with van der Waals surface area (Å²) in [6.45, 7) is 0.247. The van der Waals surface area contributed by atoms with Gasteiger partial charge in [-0.25, -0.2) is 4.39 Å². The fraction of sp³-hybridized carbons (Fsp3) is 0.182. The number of nitrogens with one attached hydrogen (secondary N) is 1. The van der Waals surface area contributed by atoms with Gasteiger partial charge in [0.15, 0.2) is 6.33 Å². The van der Waals surface area contributed by atoms with Crippen LogP contribution in [0.1, 0.15) is 16.2 Å². The average Bonchev–Trinajstić information content (AvgIpc) is 2.85. The van der Waals surface area contributed by atoms with Crippen LogP contribution in [0.2, 0.25) is 0 Å². The maximum absolute atomic E-state index is 12.9. The van der Waals surface area contributed by atoms with Gasteiger partial charge in [0, 0.05) is 13.0 Å². The van der Waals surface area contributed by atoms with Crippen LogP contribution in [0.5, 0.6) is 5.75 Å². The van der Waals surface area contributed by atoms with Crippen LogP contribution in [0.25, 0.3) is 0 Å². The van der Waals surface area contributed by atoms with Crippen molar-refractivity contribution in [1.82, 2.24) is 15.5 Å². The largest absolute Gasteiger partial charge is 0.507 e. The van der Waals surface area contributed by atoms with Crippen molar-refractivity contribution in [2.75, 3.05) is 6.54 Å². The average molecular weight is 251 g/mol. The molecule has 2 rings (SSSR count). The monoisotopic (exact) mass is 251 g/mol. The molecular formula is C11H10FN3O3. The highest BCUT2D eigenvalue weighted by Gasteiger charge is 2.12. The molecule has 1 aromatic carbocycles. The molecule has 18 heavy (non-hydrogen) atoms. The smallest absolute Gasteiger partial charge is 0.255 e. The van der Waals surface area contributed by atoms with Crippen molar-refractivity contribution in [3.8, 4) is 5.75 Å². The molecule has 0 aliphatic rings. The van der Waals surface area contributed by atoms with Gasteiger partial charge in [-0.1, -0.05) is 5.16 Å². The molecule has 0 aliphatic heterocycles. The number of amides is 1. The molecular weight excluding hydrogens is 241 g/mol. The molecule has 0 spiro atoms. The zero-order valence-electron chi connectivity index (χ0n) is 9.26. The fourth-order valence-corrected chi connectivity index (χ4v) is 1.37. The van der Waals surface area contributed by atoms with E-state index in [1.165, 1.54) is 6.33 Å². The Kier molecular flexibility index (Phi) is 3.52. The summed E-state index contributed by atoms with van der Waals surface area (Å²) in [5.74, 6) is -1.04. The summed E-state index contributed by atoms with van der Waals surface area (Å²) in [5.41, 5.74) is -0.111. The van der Waals surface area contributed by atoms with Gasteiger partial charge in [0.05, 0.1) is 5.56 Å². The van der Waals surface area contributed by atoms with Crippen molar-refractivity contribution in [2.24, 2.45) is 0 Å². The highest BCUT2D eigenvalue weighted by molar-refractivity contribution is 5.96. The van der Waals surface area contributed by atoms with Crippen molar-refractivity contribution in [2.45, 2.75) is 6.42 Å². The molecule has 0 saturated carbocycles. The normalized spacial score (nSPS) is 10.3. The standard InChI is InChI=1S/C11H10FN3O3/c12-7-1-2-9(16)8(5-7)11(17)13-4-3-10-14-6-15-18-10/h1-2,5-6,16H,3-4H2,(H,13,17). The Morgan fingerprint density at radius 1 is 1.50 bits per heavy atom. The van der Waals surface area contributed by atoms with E-state index in [0.29, 0.717) is 12.3 Å². The minimum absolute atomic E-state index is 0.111. The second-order valence-electron chi connectivity index (χ2n) is 3.50. The van der Waals surface area contributed by atoms with Crippen LogP contribution in [-0.2, 0) is 6.42 Å². The number of phenolic OH excluding ortho intramolecular Hbond substituents is 1. The molecule has 2 aromatic rings. The molecule has 6 nitrogen and oxygen atoms in total. The summed E-state index contributed by atoms with van der Waals surface area (Å²) < 4.78 is 17.7. The first kappa shape index (κ1) is 12.0. The van der Waals surface area contributed by atoms with Crippen LogP contribution in [0.3, 0.4) is 0 Å². The highest BCUT2D eigenvalue weighted by atomic mass is 19.1. The van der Waals surface area contributed by atoms with Crippen molar-refractivity contribution in [3.63, 3.8) is 0 Å². The lowest BCUT2D eigenvalue weighted by atomic mass is 10.2. The molecule has 1 amide bonds. The lowest BCUT2D eigenvalue weighted by molar-refractivity contribution is 0.0950. The maximum atomic E-state index is 12.9. The number of benzene rings is 1. The van der Waals surface area contributed by atoms with Gasteiger partial charge in [0.1, 0.15) is 11.6 Å². The molecule has 0 fully saturated rings. The highest BCUT2D eigenvalue weighted by Crippen LogP contribution is 2.17. The Bertz CT molecular complexity index is 542. The van der Waals surface area contributed by atoms with Crippen molar-refractivity contribution in [1.29, 1.82) is 0 Å². The number of halogens is 1. The quantitative estimate of drug-likeness (QED) is 0.842. The van der Waals surface area contributed by atoms with Crippen LogP contribution in [0.15, 0.2) is 29.0 Å². The lowest BCUT2D eigenvalue weighted by Gasteiger charge is -2.05. The fourth-order valence-electron chi connectivity index (χ4n) is 1.37. The van der Waals surface area contributed by atoms with Crippen molar-refractivity contribution >= 4 is 5.91 Å². The van der Waals surface area contributed by atoms with E-state index < -0.39 is 11.7 Å². The summed E-state index contributed by atoms with van der Waals surface area (Å²) in [5, 5.41) is 15.3. The summed E-state index contributed by atoms with van der Waals surface area (Å²) in [4.78, 5) is 15.4. The summed E-state index contributed by atoms with van der Waals surface area (Å²) in [6, 6.07) is 3.17. The molecule has 0 unspecified atom stereocenters. The summed E-state index contributed by atoms with van der Waals surface area (Å²) in [7, 11) is 0. The molecule has 94 valence electrons. The zero-order chi connectivity index (χ0) is 13.0. The van der Waals surface area contributed by atoms with E-state index in [0.717, 1.165) is 18.2 Å². The van der Waals surface area contributed by atoms with Gasteiger partial charge in [-0.05, 0) is 18.2 Å². The first-order chi connectivity index (χ1) is 8.66. The topological polar surface area (TPSA) is 88.3 Å². The van der Waals surface area contributed by atoms with Crippen LogP contribution in [-0.4, -0.2) is 27.7 Å². The second-order valence-corrected chi connectivity index (χ2v) is 3.50. The van der Waals surface area contributed by atoms with E-state index in [9.17, 15) is 14.3 Å². The van der Waals surface area contributed by atoms with Gasteiger partial charge in [-0.2, -0.15) is 4.98 Å². The van der Waals surface area contributed by atoms with Gasteiger partial charge in [-0.15, -0.1) is 0 Å². The number of phenols is 1. The Hall–Kier alpha value is -2.44. The van der Waals surface area contributed by atoms with Crippen LogP contribution < -0.4 is 5.32 Å². The molecule has 1 aromatic heterocycles. The lowest BCUT2D eigenvalue weighted by Crippen LogP contribution is -2.25. The molecule has 0 aliphatic carbocycles. The third-order valence-corrected chi connectivity index (χ3v) is 2.23. The first-order valence-electron chi connectivity index (χ1n) is 5.19. The Morgan fingerprint density at radius 2 is 2.33 bits per heavy atom. The number of hydrogen-bond acceptors (Lipinski definition) is 5. The van der Waals surface area contributed by atoms with Gasteiger partial charge in [0.2, 0.25) is 5.89 Å². The summed E-state index contributed by atoms with van der Waals surface area (Å²) in [6.07, 6.45) is 1.62. The number of hydrogen-bond donors (Lipinski definition) is 2. The number of rotatable bonds is 4. The van der Waals surface area contributed by atoms with Gasteiger partial charge in [-0.3, -0.25) is 4.79 Å². The van der Waals surface area contributed by atoms with Crippen molar-refractivity contribution in [3.05, 3.63) is 41.8 Å². The van der Waals surface area contributed by atoms with E-state index in [1.54, 1.807) is 0 Å². The third kappa shape index (κ3) is 2.82. The van der Waals surface area contributed by atoms with E-state index in [1.807, 2.05) is 0 Å². The molecule has 1 heterocycles. The van der Waals surface area contributed by atoms with Crippen LogP contribution in [0.4, 0.5) is 4.39 Å². The number of nitrogens with zero attached hydrogens (tertiary/aromatic N) is 2. The van der Waals surface area contributed by atoms with Crippen molar-refractivity contribution < 1.29 is 18.8 Å². The Balaban J connectivity index is 1.93. The van der Waals surface area contributed by atoms with Crippen LogP contribution >= 0.6 is 0 Å². The number of aromatic hydroxyl groups is 1. The molecule has 0 radical (unpaired) electrons. The Morgan fingerprint density at radius 3 is 3.06 bits per heavy atom. The molecule has 2 N–H and O–H groups in total. The second kappa shape index (κ2) is 5.26. The van der Waals surface area contributed by atoms with E-state index >= 15 is 0 Å². The number of aromatic nitrogens is 2. The predicted molar refractivity (Wildman–Crippen MR) is 58.4 cm³/mol. The number of carbonyl (C=O) groups excluding carboxylic acids is 1. The molecule has 0 bridgehead atoms. The van der Waals surface area contributed by atoms with Crippen LogP contribution in [0, 0.1) is 5.82 Å². The van der Waals surface area contributed by atoms with E-state index in [4.69, 9.17) is 4.52 Å².